The van der Waals surface area contributed by atoms with Crippen molar-refractivity contribution in [1.29, 1.82) is 0 Å². The smallest absolute Gasteiger partial charge is 0.282 e. The minimum atomic E-state index is -0.351. The van der Waals surface area contributed by atoms with E-state index in [1.165, 1.54) is 4.68 Å². The van der Waals surface area contributed by atoms with Crippen LogP contribution in [0.2, 0.25) is 15.1 Å². The third kappa shape index (κ3) is 6.15. The molecule has 0 unspecified atom stereocenters. The molecule has 0 N–H and O–H groups in total. The van der Waals surface area contributed by atoms with Gasteiger partial charge in [-0.15, -0.1) is 0 Å². The zero-order valence-electron chi connectivity index (χ0n) is 22.5. The molecule has 0 aliphatic heterocycles. The average Bonchev–Trinajstić information content (AvgIpc) is 3.41. The molecular weight excluding hydrogens is 677 g/mol. The molecule has 0 atom stereocenters. The highest BCUT2D eigenvalue weighted by Gasteiger charge is 2.17. The van der Waals surface area contributed by atoms with Crippen LogP contribution in [-0.4, -0.2) is 22.5 Å². The van der Waals surface area contributed by atoms with E-state index in [0.29, 0.717) is 65.5 Å². The Balaban J connectivity index is 1.40. The predicted octanol–water partition coefficient (Wildman–Crippen LogP) is 9.39. The maximum atomic E-state index is 13.7. The van der Waals surface area contributed by atoms with Crippen LogP contribution in [0.25, 0.3) is 33.5 Å². The molecule has 6 aromatic rings. The largest absolute Gasteiger partial charge is 0.490 e. The molecule has 0 aliphatic carbocycles. The number of fused-ring (bicyclic) bond motifs is 2. The van der Waals surface area contributed by atoms with Gasteiger partial charge in [0.05, 0.1) is 23.7 Å². The van der Waals surface area contributed by atoms with Gasteiger partial charge in [-0.2, -0.15) is 9.78 Å². The Bertz CT molecular complexity index is 2090. The van der Waals surface area contributed by atoms with Crippen LogP contribution in [-0.2, 0) is 6.61 Å². The summed E-state index contributed by atoms with van der Waals surface area (Å²) in [7, 11) is 0. The Morgan fingerprint density at radius 3 is 2.53 bits per heavy atom. The third-order valence-corrected chi connectivity index (χ3v) is 8.03. The van der Waals surface area contributed by atoms with Crippen LogP contribution >= 0.6 is 50.7 Å². The molecule has 11 heteroatoms. The summed E-state index contributed by atoms with van der Waals surface area (Å²) in [5.74, 6) is 1.61. The zero-order valence-corrected chi connectivity index (χ0v) is 26.3. The number of nitrogens with zero attached hydrogens (tertiary/aromatic N) is 3. The molecule has 6 rings (SSSR count). The van der Waals surface area contributed by atoms with Crippen molar-refractivity contribution >= 4 is 78.8 Å². The molecule has 0 amide bonds. The van der Waals surface area contributed by atoms with E-state index in [1.54, 1.807) is 72.9 Å². The lowest BCUT2D eigenvalue weighted by Crippen LogP contribution is -2.20. The van der Waals surface area contributed by atoms with E-state index in [2.05, 4.69) is 21.0 Å². The standard InChI is InChI=1S/C32H21BrCl3N3O4/c1-2-41-28-13-20(24(33)15-29(28)42-17-18-7-8-22(35)14-25(18)36)16-37-39-31(38-26-6-4-3-5-23(26)32(39)40)30-12-19-11-21(34)9-10-27(19)43-30/h3-16H,2,17H2,1H3. The van der Waals surface area contributed by atoms with E-state index in [4.69, 9.17) is 53.7 Å². The second-order valence-electron chi connectivity index (χ2n) is 9.38. The van der Waals surface area contributed by atoms with Crippen LogP contribution in [0, 0.1) is 0 Å². The van der Waals surface area contributed by atoms with Crippen LogP contribution in [0.1, 0.15) is 18.1 Å². The molecule has 4 aromatic carbocycles. The van der Waals surface area contributed by atoms with Crippen molar-refractivity contribution < 1.29 is 13.9 Å². The van der Waals surface area contributed by atoms with Gasteiger partial charge in [-0.3, -0.25) is 4.79 Å². The zero-order chi connectivity index (χ0) is 30.1. The van der Waals surface area contributed by atoms with Crippen molar-refractivity contribution in [3.63, 3.8) is 0 Å². The minimum absolute atomic E-state index is 0.209. The fourth-order valence-electron chi connectivity index (χ4n) is 4.46. The Hall–Kier alpha value is -3.82. The summed E-state index contributed by atoms with van der Waals surface area (Å²) in [4.78, 5) is 18.4. The number of aromatic nitrogens is 2. The van der Waals surface area contributed by atoms with E-state index >= 15 is 0 Å². The van der Waals surface area contributed by atoms with Crippen molar-refractivity contribution in [3.8, 4) is 23.1 Å². The van der Waals surface area contributed by atoms with E-state index in [1.807, 2.05) is 19.1 Å². The van der Waals surface area contributed by atoms with Gasteiger partial charge >= 0.3 is 0 Å². The number of rotatable bonds is 8. The number of furan rings is 1. The van der Waals surface area contributed by atoms with Gasteiger partial charge in [0.1, 0.15) is 12.2 Å². The third-order valence-electron chi connectivity index (χ3n) is 6.53. The maximum Gasteiger partial charge on any atom is 0.282 e. The van der Waals surface area contributed by atoms with Crippen molar-refractivity contribution in [3.05, 3.63) is 120 Å². The first-order valence-electron chi connectivity index (χ1n) is 13.1. The van der Waals surface area contributed by atoms with Gasteiger partial charge in [0.15, 0.2) is 17.3 Å². The number of ether oxygens (including phenoxy) is 2. The quantitative estimate of drug-likeness (QED) is 0.148. The molecule has 0 fully saturated rings. The summed E-state index contributed by atoms with van der Waals surface area (Å²) in [6.07, 6.45) is 1.55. The van der Waals surface area contributed by atoms with Gasteiger partial charge in [-0.25, -0.2) is 4.98 Å². The highest BCUT2D eigenvalue weighted by molar-refractivity contribution is 9.10. The predicted molar refractivity (Wildman–Crippen MR) is 175 cm³/mol. The monoisotopic (exact) mass is 695 g/mol. The van der Waals surface area contributed by atoms with Gasteiger partial charge < -0.3 is 13.9 Å². The van der Waals surface area contributed by atoms with E-state index in [9.17, 15) is 4.79 Å². The molecule has 7 nitrogen and oxygen atoms in total. The first-order chi connectivity index (χ1) is 20.8. The second-order valence-corrected chi connectivity index (χ2v) is 11.5. The summed E-state index contributed by atoms with van der Waals surface area (Å²) in [6, 6.07) is 22.9. The molecular formula is C32H21BrCl3N3O4. The molecule has 43 heavy (non-hydrogen) atoms. The lowest BCUT2D eigenvalue weighted by atomic mass is 10.2. The maximum absolute atomic E-state index is 13.7. The van der Waals surface area contributed by atoms with Gasteiger partial charge in [-0.1, -0.05) is 53.0 Å². The Morgan fingerprint density at radius 2 is 1.72 bits per heavy atom. The molecule has 216 valence electrons. The molecule has 0 spiro atoms. The van der Waals surface area contributed by atoms with Gasteiger partial charge in [0.25, 0.3) is 5.56 Å². The van der Waals surface area contributed by atoms with Crippen LogP contribution in [0.3, 0.4) is 0 Å². The fraction of sp³-hybridized carbons (Fsp3) is 0.0938. The number of hydrogen-bond donors (Lipinski definition) is 0. The van der Waals surface area contributed by atoms with Gasteiger partial charge in [0, 0.05) is 36.1 Å². The fourth-order valence-corrected chi connectivity index (χ4v) is 5.53. The van der Waals surface area contributed by atoms with E-state index in [0.717, 1.165) is 10.9 Å². The molecule has 0 bridgehead atoms. The van der Waals surface area contributed by atoms with Gasteiger partial charge in [-0.05, 0) is 83.5 Å². The molecule has 0 radical (unpaired) electrons. The number of hydrogen-bond acceptors (Lipinski definition) is 6. The van der Waals surface area contributed by atoms with Crippen LogP contribution in [0.5, 0.6) is 11.5 Å². The first kappa shape index (κ1) is 29.3. The van der Waals surface area contributed by atoms with Crippen LogP contribution < -0.4 is 15.0 Å². The summed E-state index contributed by atoms with van der Waals surface area (Å²) in [5.41, 5.74) is 2.20. The summed E-state index contributed by atoms with van der Waals surface area (Å²) in [5, 5.41) is 7.39. The molecule has 0 aliphatic rings. The minimum Gasteiger partial charge on any atom is -0.490 e. The number of benzene rings is 4. The Labute approximate surface area is 269 Å². The average molecular weight is 698 g/mol. The van der Waals surface area contributed by atoms with Crippen molar-refractivity contribution in [2.45, 2.75) is 13.5 Å². The number of halogens is 4. The Kier molecular flexibility index (Phi) is 8.45. The SMILES string of the molecule is CCOc1cc(C=Nn2c(-c3cc4cc(Cl)ccc4o3)nc3ccccc3c2=O)c(Br)cc1OCc1ccc(Cl)cc1Cl. The molecule has 0 saturated carbocycles. The molecule has 2 heterocycles. The summed E-state index contributed by atoms with van der Waals surface area (Å²) < 4.78 is 19.9. The van der Waals surface area contributed by atoms with E-state index < -0.39 is 0 Å². The van der Waals surface area contributed by atoms with Crippen molar-refractivity contribution in [2.75, 3.05) is 6.61 Å². The Morgan fingerprint density at radius 1 is 0.953 bits per heavy atom. The first-order valence-corrected chi connectivity index (χ1v) is 15.0. The van der Waals surface area contributed by atoms with Crippen LogP contribution in [0.15, 0.2) is 97.6 Å². The molecule has 2 aromatic heterocycles. The summed E-state index contributed by atoms with van der Waals surface area (Å²) in [6.45, 7) is 2.49. The normalized spacial score (nSPS) is 11.6. The summed E-state index contributed by atoms with van der Waals surface area (Å²) >= 11 is 22.1. The number of para-hydroxylation sites is 1. The van der Waals surface area contributed by atoms with Crippen molar-refractivity contribution in [2.24, 2.45) is 5.10 Å². The highest BCUT2D eigenvalue weighted by atomic mass is 79.9. The van der Waals surface area contributed by atoms with Crippen molar-refractivity contribution in [1.82, 2.24) is 9.66 Å². The lowest BCUT2D eigenvalue weighted by Gasteiger charge is -2.14. The van der Waals surface area contributed by atoms with Crippen LogP contribution in [0.4, 0.5) is 0 Å². The highest BCUT2D eigenvalue weighted by Crippen LogP contribution is 2.35. The lowest BCUT2D eigenvalue weighted by molar-refractivity contribution is 0.269. The van der Waals surface area contributed by atoms with Gasteiger partial charge in [0.2, 0.25) is 5.82 Å². The molecule has 0 saturated heterocycles. The second kappa shape index (κ2) is 12.4. The topological polar surface area (TPSA) is 78.9 Å². The van der Waals surface area contributed by atoms with E-state index in [-0.39, 0.29) is 18.0 Å².